The van der Waals surface area contributed by atoms with Crippen LogP contribution in [0.2, 0.25) is 0 Å². The van der Waals surface area contributed by atoms with Gasteiger partial charge in [-0.3, -0.25) is 52.8 Å². The second-order valence-electron chi connectivity index (χ2n) is 23.8. The molecule has 1 aliphatic heterocycles. The normalized spacial score (nSPS) is 31.7. The Labute approximate surface area is 467 Å². The molecule has 10 amide bonds. The van der Waals surface area contributed by atoms with E-state index in [4.69, 9.17) is 28.7 Å². The molecule has 1 aromatic rings. The van der Waals surface area contributed by atoms with Crippen LogP contribution in [0.1, 0.15) is 113 Å². The van der Waals surface area contributed by atoms with Crippen LogP contribution < -0.4 is 71.2 Å². The van der Waals surface area contributed by atoms with Gasteiger partial charge >= 0.3 is 0 Å². The molecule has 1 aromatic carbocycles. The largest absolute Gasteiger partial charge is 0.391 e. The van der Waals surface area contributed by atoms with E-state index in [0.717, 1.165) is 26.2 Å². The topological polar surface area (TPSA) is 441 Å². The van der Waals surface area contributed by atoms with Gasteiger partial charge in [-0.05, 0) is 123 Å². The zero-order valence-electron chi connectivity index (χ0n) is 47.4. The van der Waals surface area contributed by atoms with E-state index < -0.39 is 161 Å². The van der Waals surface area contributed by atoms with Crippen molar-refractivity contribution in [1.29, 1.82) is 0 Å². The van der Waals surface area contributed by atoms with Crippen LogP contribution >= 0.6 is 0 Å². The number of aliphatic hydroxyl groups is 2. The molecule has 1 saturated heterocycles. The summed E-state index contributed by atoms with van der Waals surface area (Å²) >= 11 is 0. The van der Waals surface area contributed by atoms with Gasteiger partial charge in [-0.2, -0.15) is 0 Å². The molecule has 1 heterocycles. The minimum Gasteiger partial charge on any atom is -0.391 e. The highest BCUT2D eigenvalue weighted by molar-refractivity contribution is 6.08. The van der Waals surface area contributed by atoms with Gasteiger partial charge in [0.2, 0.25) is 47.3 Å². The molecule has 26 nitrogen and oxygen atoms in total. The molecule has 80 heavy (non-hydrogen) atoms. The first kappa shape index (κ1) is 64.7. The van der Waals surface area contributed by atoms with Gasteiger partial charge < -0.3 is 81.4 Å². The molecule has 20 N–H and O–H groups in total. The van der Waals surface area contributed by atoms with Crippen LogP contribution in [0, 0.1) is 29.1 Å². The Bertz CT molecular complexity index is 2380. The van der Waals surface area contributed by atoms with Crippen LogP contribution in [0.5, 0.6) is 0 Å². The number of hydrogen-bond acceptors (Lipinski definition) is 17. The van der Waals surface area contributed by atoms with Crippen molar-refractivity contribution in [2.24, 2.45) is 57.8 Å². The molecule has 4 saturated carbocycles. The lowest BCUT2D eigenvalue weighted by atomic mass is 9.49. The van der Waals surface area contributed by atoms with E-state index in [9.17, 15) is 48.6 Å². The van der Waals surface area contributed by atoms with Crippen molar-refractivity contribution >= 4 is 59.1 Å². The Hall–Kier alpha value is -6.16. The van der Waals surface area contributed by atoms with E-state index in [0.29, 0.717) is 42.6 Å². The van der Waals surface area contributed by atoms with E-state index in [2.05, 4.69) is 42.5 Å². The average molecular weight is 1130 g/mol. The predicted octanol–water partition coefficient (Wildman–Crippen LogP) is -4.40. The van der Waals surface area contributed by atoms with Crippen molar-refractivity contribution in [3.63, 3.8) is 0 Å². The molecule has 4 bridgehead atoms. The first-order valence-corrected chi connectivity index (χ1v) is 27.8. The number of nitrogens with zero attached hydrogens (tertiary/aromatic N) is 1. The number of carbonyl (C=O) groups is 10. The van der Waals surface area contributed by atoms with Gasteiger partial charge in [0.05, 0.1) is 12.2 Å². The lowest BCUT2D eigenvalue weighted by Crippen LogP contribution is -2.71. The Morgan fingerprint density at radius 1 is 0.575 bits per heavy atom. The molecule has 6 rings (SSSR count). The fourth-order valence-corrected chi connectivity index (χ4v) is 12.0. The molecular weight excluding hydrogens is 1040 g/mol. The molecule has 0 radical (unpaired) electrons. The lowest BCUT2D eigenvalue weighted by Gasteiger charge is -2.55. The number of carbonyl (C=O) groups excluding carboxylic acids is 10. The van der Waals surface area contributed by atoms with Crippen LogP contribution in [0.25, 0.3) is 0 Å². The van der Waals surface area contributed by atoms with Crippen molar-refractivity contribution in [3.05, 3.63) is 35.9 Å². The fraction of sp³-hybridized carbons (Fsp3) is 0.704. The Morgan fingerprint density at radius 3 is 1.45 bits per heavy atom. The summed E-state index contributed by atoms with van der Waals surface area (Å²) in [4.78, 5) is 146. The first-order valence-electron chi connectivity index (χ1n) is 27.8. The summed E-state index contributed by atoms with van der Waals surface area (Å²) < 4.78 is 0. The number of hydrogen-bond donors (Lipinski definition) is 15. The summed E-state index contributed by atoms with van der Waals surface area (Å²) in [5, 5.41) is 42.7. The highest BCUT2D eigenvalue weighted by atomic mass is 16.3. The molecule has 0 spiro atoms. The molecule has 5 aliphatic rings. The van der Waals surface area contributed by atoms with Crippen LogP contribution in [0.15, 0.2) is 30.3 Å². The number of amides is 10. The summed E-state index contributed by atoms with van der Waals surface area (Å²) in [6.07, 6.45) is 1.32. The van der Waals surface area contributed by atoms with Crippen molar-refractivity contribution in [2.45, 2.75) is 210 Å². The first-order chi connectivity index (χ1) is 37.3. The van der Waals surface area contributed by atoms with Crippen molar-refractivity contribution in [3.8, 4) is 0 Å². The third-order valence-electron chi connectivity index (χ3n) is 15.8. The average Bonchev–Trinajstić information content (AvgIpc) is 3.35. The van der Waals surface area contributed by atoms with Gasteiger partial charge in [-0.25, -0.2) is 0 Å². The molecule has 446 valence electrons. The second-order valence-corrected chi connectivity index (χ2v) is 23.8. The van der Waals surface area contributed by atoms with Crippen LogP contribution in [0.4, 0.5) is 0 Å². The van der Waals surface area contributed by atoms with E-state index in [1.807, 2.05) is 0 Å². The highest BCUT2D eigenvalue weighted by Crippen LogP contribution is 2.60. The zero-order valence-corrected chi connectivity index (χ0v) is 47.4. The predicted molar refractivity (Wildman–Crippen MR) is 293 cm³/mol. The molecular formula is C54H88N14O12. The monoisotopic (exact) mass is 1120 g/mol. The fourth-order valence-electron chi connectivity index (χ4n) is 12.0. The van der Waals surface area contributed by atoms with Crippen LogP contribution in [-0.4, -0.2) is 171 Å². The van der Waals surface area contributed by atoms with E-state index in [1.54, 1.807) is 44.2 Å². The number of aliphatic hydroxyl groups excluding tert-OH is 2. The van der Waals surface area contributed by atoms with Crippen molar-refractivity contribution in [2.75, 3.05) is 0 Å². The summed E-state index contributed by atoms with van der Waals surface area (Å²) in [5.74, 6) is -9.98. The van der Waals surface area contributed by atoms with E-state index in [1.165, 1.54) is 41.5 Å². The third kappa shape index (κ3) is 15.8. The zero-order chi connectivity index (χ0) is 59.8. The summed E-state index contributed by atoms with van der Waals surface area (Å²) in [5.41, 5.74) is 31.6. The molecule has 26 heteroatoms. The summed E-state index contributed by atoms with van der Waals surface area (Å²) in [7, 11) is 0. The van der Waals surface area contributed by atoms with Gasteiger partial charge in [-0.15, -0.1) is 0 Å². The van der Waals surface area contributed by atoms with Gasteiger partial charge in [-0.1, -0.05) is 44.2 Å². The maximum atomic E-state index is 15.4. The molecule has 5 fully saturated rings. The Kier molecular flexibility index (Phi) is 22.3. The third-order valence-corrected chi connectivity index (χ3v) is 15.8. The highest BCUT2D eigenvalue weighted by Gasteiger charge is 2.56. The van der Waals surface area contributed by atoms with Gasteiger partial charge in [0, 0.05) is 42.0 Å². The number of benzene rings is 1. The number of imide groups is 1. The van der Waals surface area contributed by atoms with Crippen LogP contribution in [-0.2, 0) is 54.4 Å². The number of rotatable bonds is 16. The van der Waals surface area contributed by atoms with Crippen molar-refractivity contribution < 1.29 is 58.2 Å². The summed E-state index contributed by atoms with van der Waals surface area (Å²) in [6.45, 7) is 12.4. The van der Waals surface area contributed by atoms with Crippen LogP contribution in [0.3, 0.4) is 0 Å². The minimum atomic E-state index is -2.19. The molecule has 16 atom stereocenters. The molecule has 0 aromatic heterocycles. The molecule has 5 unspecified atom stereocenters. The van der Waals surface area contributed by atoms with E-state index >= 15 is 9.59 Å². The van der Waals surface area contributed by atoms with E-state index in [-0.39, 0.29) is 23.7 Å². The van der Waals surface area contributed by atoms with Crippen molar-refractivity contribution in [1.82, 2.24) is 47.4 Å². The maximum absolute atomic E-state index is 15.4. The Balaban J connectivity index is 1.62. The molecule has 4 aliphatic carbocycles. The summed E-state index contributed by atoms with van der Waals surface area (Å²) in [6, 6.07) is -14.1. The minimum absolute atomic E-state index is 0.0235. The quantitative estimate of drug-likeness (QED) is 0.0743. The number of nitrogens with two attached hydrogens (primary N) is 5. The smallest absolute Gasteiger partial charge is 0.255 e. The maximum Gasteiger partial charge on any atom is 0.255 e. The standard InChI is InChI=1S/C54H88N14O12/c1-23(2)15-35-45(72)62-38(25(4)56)47(74)63-39(26(5)57)48(75)66-42(30(9)70)52(79)68(43(28(7)59)50(77)64-37(24(3)55)46(73)61-36(44(71)60-35)19-31-13-11-10-12-14-31)51(78)40(27(6)58)65-49(76)41(29(8)69)67-53(80)54-20-32-16-33(21-54)18-34(17-32)22-54/h10-14,23-30,32-43,69-70H,15-22,55-59H2,1-9H3,(H,60,71)(H,61,73)(H,62,72)(H,63,74)(H,64,77)(H,65,76)(H,66,75)(H,67,80)/t24?,25?,26?,27?,28?,29-,30-,32?,33?,34?,35+,36-,37+,38+,39+,40+,41+,42+,43+,54?/m1/s1. The second kappa shape index (κ2) is 27.5. The van der Waals surface area contributed by atoms with Gasteiger partial charge in [0.1, 0.15) is 54.4 Å². The Morgan fingerprint density at radius 2 is 1.01 bits per heavy atom. The SMILES string of the molecule is CC(C)C[C@@H]1NC(=O)[C@@H](Cc2ccccc2)NC(=O)[C@H](C(C)N)NC(=O)[C@H](C(C)N)N(C(=O)[C@@H](NC(=O)[C@@H](NC(=O)C23CC4CC(CC(C4)C2)C3)[C@@H](C)O)C(C)N)C(=O)[C@H]([C@@H](C)O)NC(=O)[C@H](C(C)N)NC(=O)[C@H](C(C)N)NC1=O. The number of nitrogens with one attached hydrogen (secondary N) is 8. The van der Waals surface area contributed by atoms with Gasteiger partial charge in [0.25, 0.3) is 11.8 Å². The van der Waals surface area contributed by atoms with Gasteiger partial charge in [0.15, 0.2) is 0 Å². The lowest BCUT2D eigenvalue weighted by molar-refractivity contribution is -0.158.